The molecule has 1 heterocycles. The highest BCUT2D eigenvalue weighted by Gasteiger charge is 2.45. The number of anilines is 1. The molecule has 1 aromatic carbocycles. The lowest BCUT2D eigenvalue weighted by Crippen LogP contribution is -2.34. The van der Waals surface area contributed by atoms with Crippen molar-refractivity contribution in [2.24, 2.45) is 11.8 Å². The van der Waals surface area contributed by atoms with E-state index >= 15 is 0 Å². The molecule has 0 aliphatic carbocycles. The Morgan fingerprint density at radius 2 is 1.88 bits per heavy atom. The van der Waals surface area contributed by atoms with Crippen LogP contribution in [0.5, 0.6) is 0 Å². The van der Waals surface area contributed by atoms with Gasteiger partial charge in [0, 0.05) is 23.2 Å². The highest BCUT2D eigenvalue weighted by Crippen LogP contribution is 2.34. The fourth-order valence-corrected chi connectivity index (χ4v) is 3.53. The smallest absolute Gasteiger partial charge is 0.238 e. The molecule has 1 saturated heterocycles. The molecule has 0 bridgehead atoms. The fraction of sp³-hybridized carbons (Fsp3) is 0.526. The van der Waals surface area contributed by atoms with Crippen LogP contribution in [0.4, 0.5) is 5.69 Å². The van der Waals surface area contributed by atoms with Gasteiger partial charge in [-0.25, -0.2) is 0 Å². The van der Waals surface area contributed by atoms with E-state index in [1.165, 1.54) is 4.90 Å². The van der Waals surface area contributed by atoms with Crippen LogP contribution >= 0.6 is 15.9 Å². The summed E-state index contributed by atoms with van der Waals surface area (Å²) in [6, 6.07) is 7.10. The van der Waals surface area contributed by atoms with Gasteiger partial charge in [-0.15, -0.1) is 0 Å². The van der Waals surface area contributed by atoms with Gasteiger partial charge >= 0.3 is 0 Å². The van der Waals surface area contributed by atoms with Crippen LogP contribution in [-0.2, 0) is 14.4 Å². The van der Waals surface area contributed by atoms with Gasteiger partial charge in [-0.3, -0.25) is 19.3 Å². The standard InChI is InChI=1S/C19H24BrNO3/c1-3-5-7-17(22)15(6-4-2)16-12-18(23)21(19(16)24)14-10-8-13(20)9-11-14/h8-11,15-16H,3-7,12H2,1-2H3. The zero-order valence-corrected chi connectivity index (χ0v) is 15.8. The van der Waals surface area contributed by atoms with Crippen molar-refractivity contribution in [2.45, 2.75) is 52.4 Å². The number of rotatable bonds is 8. The van der Waals surface area contributed by atoms with E-state index in [1.807, 2.05) is 13.8 Å². The number of imide groups is 1. The molecule has 2 atom stereocenters. The van der Waals surface area contributed by atoms with Gasteiger partial charge in [0.05, 0.1) is 11.6 Å². The second-order valence-electron chi connectivity index (χ2n) is 6.32. The Bertz CT molecular complexity index is 612. The molecule has 0 aromatic heterocycles. The zero-order valence-electron chi connectivity index (χ0n) is 14.3. The van der Waals surface area contributed by atoms with Crippen LogP contribution in [0, 0.1) is 11.8 Å². The third-order valence-electron chi connectivity index (χ3n) is 4.54. The van der Waals surface area contributed by atoms with Gasteiger partial charge in [-0.2, -0.15) is 0 Å². The molecule has 1 aliphatic heterocycles. The van der Waals surface area contributed by atoms with Gasteiger partial charge in [0.15, 0.2) is 0 Å². The first-order valence-corrected chi connectivity index (χ1v) is 9.44. The molecule has 0 saturated carbocycles. The minimum Gasteiger partial charge on any atom is -0.299 e. The highest BCUT2D eigenvalue weighted by molar-refractivity contribution is 9.10. The van der Waals surface area contributed by atoms with Crippen molar-refractivity contribution in [3.8, 4) is 0 Å². The van der Waals surface area contributed by atoms with Crippen molar-refractivity contribution in [2.75, 3.05) is 4.90 Å². The maximum Gasteiger partial charge on any atom is 0.238 e. The van der Waals surface area contributed by atoms with Gasteiger partial charge in [-0.1, -0.05) is 42.6 Å². The minimum absolute atomic E-state index is 0.127. The molecule has 2 unspecified atom stereocenters. The molecular weight excluding hydrogens is 370 g/mol. The third-order valence-corrected chi connectivity index (χ3v) is 5.07. The molecule has 2 rings (SSSR count). The molecule has 0 spiro atoms. The summed E-state index contributed by atoms with van der Waals surface area (Å²) in [6.45, 7) is 4.05. The van der Waals surface area contributed by atoms with Crippen LogP contribution in [0.15, 0.2) is 28.7 Å². The van der Waals surface area contributed by atoms with Crippen molar-refractivity contribution in [1.82, 2.24) is 0 Å². The first-order chi connectivity index (χ1) is 11.5. The van der Waals surface area contributed by atoms with Gasteiger partial charge in [-0.05, 0) is 37.1 Å². The van der Waals surface area contributed by atoms with E-state index in [0.717, 1.165) is 23.7 Å². The second kappa shape index (κ2) is 8.56. The molecule has 0 N–H and O–H groups in total. The number of hydrogen-bond acceptors (Lipinski definition) is 3. The highest BCUT2D eigenvalue weighted by atomic mass is 79.9. The van der Waals surface area contributed by atoms with Gasteiger partial charge in [0.1, 0.15) is 5.78 Å². The van der Waals surface area contributed by atoms with E-state index in [1.54, 1.807) is 24.3 Å². The summed E-state index contributed by atoms with van der Waals surface area (Å²) < 4.78 is 0.889. The van der Waals surface area contributed by atoms with E-state index < -0.39 is 5.92 Å². The van der Waals surface area contributed by atoms with E-state index in [-0.39, 0.29) is 29.9 Å². The van der Waals surface area contributed by atoms with Crippen LogP contribution in [0.2, 0.25) is 0 Å². The number of halogens is 1. The summed E-state index contributed by atoms with van der Waals surface area (Å²) in [6.07, 6.45) is 3.92. The average molecular weight is 394 g/mol. The van der Waals surface area contributed by atoms with Crippen molar-refractivity contribution in [3.05, 3.63) is 28.7 Å². The summed E-state index contributed by atoms with van der Waals surface area (Å²) >= 11 is 3.35. The van der Waals surface area contributed by atoms with Crippen molar-refractivity contribution in [1.29, 1.82) is 0 Å². The van der Waals surface area contributed by atoms with E-state index in [4.69, 9.17) is 0 Å². The van der Waals surface area contributed by atoms with Crippen LogP contribution in [0.1, 0.15) is 52.4 Å². The number of ketones is 1. The molecule has 1 aliphatic rings. The van der Waals surface area contributed by atoms with Crippen LogP contribution < -0.4 is 4.90 Å². The molecule has 4 nitrogen and oxygen atoms in total. The first kappa shape index (κ1) is 18.8. The van der Waals surface area contributed by atoms with Gasteiger partial charge < -0.3 is 0 Å². The normalized spacial score (nSPS) is 19.0. The molecule has 5 heteroatoms. The molecule has 0 radical (unpaired) electrons. The van der Waals surface area contributed by atoms with Crippen molar-refractivity contribution < 1.29 is 14.4 Å². The Hall–Kier alpha value is -1.49. The lowest BCUT2D eigenvalue weighted by molar-refractivity contribution is -0.131. The predicted molar refractivity (Wildman–Crippen MR) is 97.7 cm³/mol. The molecule has 2 amide bonds. The maximum atomic E-state index is 12.8. The van der Waals surface area contributed by atoms with Crippen LogP contribution in [-0.4, -0.2) is 17.6 Å². The number of Topliss-reactive ketones (excluding diaryl/α,β-unsaturated/α-hetero) is 1. The molecule has 1 aromatic rings. The Morgan fingerprint density at radius 1 is 1.21 bits per heavy atom. The van der Waals surface area contributed by atoms with E-state index in [9.17, 15) is 14.4 Å². The number of hydrogen-bond donors (Lipinski definition) is 0. The lowest BCUT2D eigenvalue weighted by atomic mass is 9.82. The number of carbonyl (C=O) groups excluding carboxylic acids is 3. The number of amides is 2. The number of nitrogens with zero attached hydrogens (tertiary/aromatic N) is 1. The Morgan fingerprint density at radius 3 is 2.46 bits per heavy atom. The van der Waals surface area contributed by atoms with Gasteiger partial charge in [0.2, 0.25) is 11.8 Å². The van der Waals surface area contributed by atoms with Crippen LogP contribution in [0.3, 0.4) is 0 Å². The number of carbonyl (C=O) groups is 3. The predicted octanol–water partition coefficient (Wildman–Crippen LogP) is 4.50. The number of benzene rings is 1. The summed E-state index contributed by atoms with van der Waals surface area (Å²) in [5, 5.41) is 0. The minimum atomic E-state index is -0.509. The molecule has 24 heavy (non-hydrogen) atoms. The molecule has 130 valence electrons. The summed E-state index contributed by atoms with van der Waals surface area (Å²) in [5.74, 6) is -1.16. The summed E-state index contributed by atoms with van der Waals surface area (Å²) in [4.78, 5) is 39.0. The van der Waals surface area contributed by atoms with Crippen molar-refractivity contribution in [3.63, 3.8) is 0 Å². The maximum absolute atomic E-state index is 12.8. The quantitative estimate of drug-likeness (QED) is 0.610. The van der Waals surface area contributed by atoms with Crippen molar-refractivity contribution >= 4 is 39.2 Å². The molecule has 1 fully saturated rings. The topological polar surface area (TPSA) is 54.5 Å². The Kier molecular flexibility index (Phi) is 6.72. The largest absolute Gasteiger partial charge is 0.299 e. The average Bonchev–Trinajstić information content (AvgIpc) is 2.86. The van der Waals surface area contributed by atoms with E-state index in [0.29, 0.717) is 18.5 Å². The second-order valence-corrected chi connectivity index (χ2v) is 7.24. The first-order valence-electron chi connectivity index (χ1n) is 8.64. The lowest BCUT2D eigenvalue weighted by Gasteiger charge is -2.21. The Balaban J connectivity index is 2.21. The third kappa shape index (κ3) is 4.12. The summed E-state index contributed by atoms with van der Waals surface area (Å²) in [5.41, 5.74) is 0.576. The number of unbranched alkanes of at least 4 members (excludes halogenated alkanes) is 1. The SMILES string of the molecule is CCCCC(=O)C(CCC)C1CC(=O)N(c2ccc(Br)cc2)C1=O. The summed E-state index contributed by atoms with van der Waals surface area (Å²) in [7, 11) is 0. The Labute approximate surface area is 151 Å². The zero-order chi connectivity index (χ0) is 17.7. The molecular formula is C19H24BrNO3. The van der Waals surface area contributed by atoms with E-state index in [2.05, 4.69) is 15.9 Å². The monoisotopic (exact) mass is 393 g/mol. The van der Waals surface area contributed by atoms with Gasteiger partial charge in [0.25, 0.3) is 0 Å². The fourth-order valence-electron chi connectivity index (χ4n) is 3.27. The van der Waals surface area contributed by atoms with Crippen LogP contribution in [0.25, 0.3) is 0 Å².